The standard InChI is InChI=1S/C14H17N3O2/c1-2-19-14(18)12(9-6-10-15)17-13(16)11-7-4-3-5-8-11/h3-5,7-8,12H,2,6,9H2,1H3,(H2,16,17). The molecule has 0 radical (unpaired) electrons. The quantitative estimate of drug-likeness (QED) is 0.477. The number of hydrogen-bond donors (Lipinski definition) is 1. The number of ether oxygens (including phenoxy) is 1. The van der Waals surface area contributed by atoms with E-state index < -0.39 is 12.0 Å². The first kappa shape index (κ1) is 14.7. The molecule has 19 heavy (non-hydrogen) atoms. The van der Waals surface area contributed by atoms with Crippen LogP contribution in [0.4, 0.5) is 0 Å². The van der Waals surface area contributed by atoms with Gasteiger partial charge < -0.3 is 10.5 Å². The molecule has 1 unspecified atom stereocenters. The van der Waals surface area contributed by atoms with Crippen molar-refractivity contribution in [2.24, 2.45) is 10.7 Å². The summed E-state index contributed by atoms with van der Waals surface area (Å²) in [6.07, 6.45) is 0.540. The summed E-state index contributed by atoms with van der Waals surface area (Å²) < 4.78 is 4.93. The largest absolute Gasteiger partial charge is 0.464 e. The van der Waals surface area contributed by atoms with E-state index in [0.717, 1.165) is 5.56 Å². The van der Waals surface area contributed by atoms with Gasteiger partial charge in [-0.15, -0.1) is 0 Å². The Morgan fingerprint density at radius 3 is 2.74 bits per heavy atom. The summed E-state index contributed by atoms with van der Waals surface area (Å²) in [5.74, 6) is -0.173. The predicted molar refractivity (Wildman–Crippen MR) is 72.4 cm³/mol. The maximum absolute atomic E-state index is 11.7. The summed E-state index contributed by atoms with van der Waals surface area (Å²) in [5, 5.41) is 8.60. The van der Waals surface area contributed by atoms with Crippen molar-refractivity contribution in [1.29, 1.82) is 5.26 Å². The maximum Gasteiger partial charge on any atom is 0.330 e. The second-order valence-electron chi connectivity index (χ2n) is 3.85. The van der Waals surface area contributed by atoms with E-state index in [2.05, 4.69) is 4.99 Å². The van der Waals surface area contributed by atoms with E-state index in [1.807, 2.05) is 36.4 Å². The predicted octanol–water partition coefficient (Wildman–Crippen LogP) is 1.63. The van der Waals surface area contributed by atoms with Crippen molar-refractivity contribution in [3.8, 4) is 6.07 Å². The van der Waals surface area contributed by atoms with Crippen LogP contribution in [-0.4, -0.2) is 24.5 Å². The molecule has 0 aliphatic carbocycles. The zero-order valence-corrected chi connectivity index (χ0v) is 10.9. The van der Waals surface area contributed by atoms with Crippen molar-refractivity contribution in [2.45, 2.75) is 25.8 Å². The number of carbonyl (C=O) groups excluding carboxylic acids is 1. The van der Waals surface area contributed by atoms with Gasteiger partial charge in [0.15, 0.2) is 6.04 Å². The zero-order valence-electron chi connectivity index (χ0n) is 10.9. The molecule has 100 valence electrons. The lowest BCUT2D eigenvalue weighted by molar-refractivity contribution is -0.144. The number of nitriles is 1. The highest BCUT2D eigenvalue weighted by molar-refractivity contribution is 5.98. The van der Waals surface area contributed by atoms with Gasteiger partial charge in [0.05, 0.1) is 12.7 Å². The molecule has 0 saturated carbocycles. The molecule has 1 aromatic rings. The molecule has 0 spiro atoms. The third-order valence-electron chi connectivity index (χ3n) is 2.45. The van der Waals surface area contributed by atoms with Crippen molar-refractivity contribution in [3.05, 3.63) is 35.9 Å². The fourth-order valence-corrected chi connectivity index (χ4v) is 1.53. The van der Waals surface area contributed by atoms with Gasteiger partial charge in [-0.2, -0.15) is 5.26 Å². The molecular weight excluding hydrogens is 242 g/mol. The number of benzene rings is 1. The second kappa shape index (κ2) is 7.88. The topological polar surface area (TPSA) is 88.5 Å². The van der Waals surface area contributed by atoms with Crippen molar-refractivity contribution < 1.29 is 9.53 Å². The molecule has 5 nitrogen and oxygen atoms in total. The number of amidine groups is 1. The third kappa shape index (κ3) is 4.80. The first-order valence-corrected chi connectivity index (χ1v) is 6.11. The minimum Gasteiger partial charge on any atom is -0.464 e. The number of rotatable bonds is 6. The lowest BCUT2D eigenvalue weighted by Gasteiger charge is -2.11. The van der Waals surface area contributed by atoms with E-state index in [0.29, 0.717) is 6.42 Å². The summed E-state index contributed by atoms with van der Waals surface area (Å²) >= 11 is 0. The smallest absolute Gasteiger partial charge is 0.330 e. The van der Waals surface area contributed by atoms with E-state index in [1.165, 1.54) is 0 Å². The van der Waals surface area contributed by atoms with Gasteiger partial charge in [-0.05, 0) is 13.3 Å². The monoisotopic (exact) mass is 259 g/mol. The van der Waals surface area contributed by atoms with Crippen LogP contribution in [0.5, 0.6) is 0 Å². The SMILES string of the molecule is CCOC(=O)C(CCC#N)N=C(N)c1ccccc1. The van der Waals surface area contributed by atoms with Gasteiger partial charge >= 0.3 is 5.97 Å². The van der Waals surface area contributed by atoms with E-state index in [1.54, 1.807) is 6.92 Å². The summed E-state index contributed by atoms with van der Waals surface area (Å²) in [4.78, 5) is 15.9. The van der Waals surface area contributed by atoms with Crippen LogP contribution in [0.15, 0.2) is 35.3 Å². The first-order valence-electron chi connectivity index (χ1n) is 6.11. The van der Waals surface area contributed by atoms with Crippen LogP contribution in [0.3, 0.4) is 0 Å². The molecule has 0 saturated heterocycles. The minimum absolute atomic E-state index is 0.231. The highest BCUT2D eigenvalue weighted by Gasteiger charge is 2.19. The Bertz CT molecular complexity index is 477. The molecule has 2 N–H and O–H groups in total. The van der Waals surface area contributed by atoms with Crippen LogP contribution in [0.25, 0.3) is 0 Å². The lowest BCUT2D eigenvalue weighted by Crippen LogP contribution is -2.26. The number of esters is 1. The summed E-state index contributed by atoms with van der Waals surface area (Å²) in [6.45, 7) is 2.01. The Morgan fingerprint density at radius 2 is 2.16 bits per heavy atom. The van der Waals surface area contributed by atoms with E-state index in [-0.39, 0.29) is 18.9 Å². The number of carbonyl (C=O) groups is 1. The van der Waals surface area contributed by atoms with E-state index in [4.69, 9.17) is 15.7 Å². The fourth-order valence-electron chi connectivity index (χ4n) is 1.53. The molecule has 5 heteroatoms. The molecule has 1 rings (SSSR count). The van der Waals surface area contributed by atoms with Gasteiger partial charge in [-0.3, -0.25) is 4.99 Å². The third-order valence-corrected chi connectivity index (χ3v) is 2.45. The van der Waals surface area contributed by atoms with Crippen LogP contribution in [0, 0.1) is 11.3 Å². The van der Waals surface area contributed by atoms with E-state index in [9.17, 15) is 4.79 Å². The normalized spacial score (nSPS) is 12.5. The van der Waals surface area contributed by atoms with Gasteiger partial charge in [0.1, 0.15) is 5.84 Å². The van der Waals surface area contributed by atoms with Crippen LogP contribution >= 0.6 is 0 Å². The zero-order chi connectivity index (χ0) is 14.1. The summed E-state index contributed by atoms with van der Waals surface area (Å²) in [5.41, 5.74) is 6.61. The first-order chi connectivity index (χ1) is 9.19. The van der Waals surface area contributed by atoms with Crippen LogP contribution in [-0.2, 0) is 9.53 Å². The number of nitrogens with two attached hydrogens (primary N) is 1. The molecule has 1 atom stereocenters. The van der Waals surface area contributed by atoms with E-state index >= 15 is 0 Å². The Hall–Kier alpha value is -2.35. The van der Waals surface area contributed by atoms with Gasteiger partial charge in [-0.25, -0.2) is 4.79 Å². The molecule has 0 amide bonds. The molecule has 1 aromatic carbocycles. The Morgan fingerprint density at radius 1 is 1.47 bits per heavy atom. The number of aliphatic imine (C=N–C) groups is 1. The minimum atomic E-state index is -0.722. The average molecular weight is 259 g/mol. The molecule has 0 fully saturated rings. The Balaban J connectivity index is 2.86. The molecule has 0 aliphatic rings. The van der Waals surface area contributed by atoms with Gasteiger partial charge in [0, 0.05) is 12.0 Å². The number of hydrogen-bond acceptors (Lipinski definition) is 4. The van der Waals surface area contributed by atoms with Crippen LogP contribution in [0.2, 0.25) is 0 Å². The van der Waals surface area contributed by atoms with Gasteiger partial charge in [0.25, 0.3) is 0 Å². The average Bonchev–Trinajstić information content (AvgIpc) is 2.44. The molecule has 0 bridgehead atoms. The van der Waals surface area contributed by atoms with Crippen molar-refractivity contribution in [3.63, 3.8) is 0 Å². The highest BCUT2D eigenvalue weighted by atomic mass is 16.5. The Labute approximate surface area is 112 Å². The number of nitrogens with zero attached hydrogens (tertiary/aromatic N) is 2. The molecule has 0 heterocycles. The summed E-state index contributed by atoms with van der Waals surface area (Å²) in [7, 11) is 0. The molecule has 0 aromatic heterocycles. The van der Waals surface area contributed by atoms with Crippen molar-refractivity contribution in [2.75, 3.05) is 6.61 Å². The molecular formula is C14H17N3O2. The van der Waals surface area contributed by atoms with Crippen molar-refractivity contribution in [1.82, 2.24) is 0 Å². The second-order valence-corrected chi connectivity index (χ2v) is 3.85. The summed E-state index contributed by atoms with van der Waals surface area (Å²) in [6, 6.07) is 10.4. The highest BCUT2D eigenvalue weighted by Crippen LogP contribution is 2.07. The Kier molecular flexibility index (Phi) is 6.10. The van der Waals surface area contributed by atoms with Gasteiger partial charge in [-0.1, -0.05) is 30.3 Å². The molecule has 0 aliphatic heterocycles. The lowest BCUT2D eigenvalue weighted by atomic mass is 10.1. The van der Waals surface area contributed by atoms with Gasteiger partial charge in [0.2, 0.25) is 0 Å². The van der Waals surface area contributed by atoms with Crippen LogP contribution < -0.4 is 5.73 Å². The maximum atomic E-state index is 11.7. The van der Waals surface area contributed by atoms with Crippen molar-refractivity contribution >= 4 is 11.8 Å². The van der Waals surface area contributed by atoms with Crippen LogP contribution in [0.1, 0.15) is 25.3 Å². The fraction of sp³-hybridized carbons (Fsp3) is 0.357.